The number of rotatable bonds is 1. The van der Waals surface area contributed by atoms with Crippen LogP contribution in [0.3, 0.4) is 0 Å². The molecular weight excluding hydrogens is 249 g/mol. The van der Waals surface area contributed by atoms with E-state index in [0.29, 0.717) is 4.57 Å². The number of alkyl halides is 3. The van der Waals surface area contributed by atoms with Crippen LogP contribution in [0, 0.1) is 0 Å². The molecule has 0 fully saturated rings. The second kappa shape index (κ2) is 3.76. The van der Waals surface area contributed by atoms with Gasteiger partial charge in [-0.25, -0.2) is 4.98 Å². The molecule has 0 aromatic carbocycles. The molecule has 5 nitrogen and oxygen atoms in total. The molecule has 0 aliphatic heterocycles. The summed E-state index contributed by atoms with van der Waals surface area (Å²) >= 11 is 0. The molecule has 1 unspecified atom stereocenters. The lowest BCUT2D eigenvalue weighted by molar-refractivity contribution is -0.163. The Balaban J connectivity index is 2.73. The molecule has 2 rings (SSSR count). The molecule has 2 aromatic rings. The van der Waals surface area contributed by atoms with Gasteiger partial charge in [0.15, 0.2) is 0 Å². The van der Waals surface area contributed by atoms with Crippen LogP contribution in [0.5, 0.6) is 0 Å². The van der Waals surface area contributed by atoms with Gasteiger partial charge < -0.3 is 10.3 Å². The predicted molar refractivity (Wildman–Crippen MR) is 60.2 cm³/mol. The highest BCUT2D eigenvalue weighted by molar-refractivity contribution is 5.88. The molecule has 98 valence electrons. The normalized spacial score (nSPS) is 14.1. The van der Waals surface area contributed by atoms with E-state index in [4.69, 9.17) is 5.73 Å². The number of nitrogens with two attached hydrogens (primary N) is 1. The number of halogens is 3. The average Bonchev–Trinajstić information content (AvgIpc) is 2.53. The molecule has 1 atom stereocenters. The van der Waals surface area contributed by atoms with Crippen molar-refractivity contribution in [1.82, 2.24) is 14.1 Å². The molecule has 0 aliphatic carbocycles. The number of nitrogen functional groups attached to an aromatic ring is 1. The Bertz CT molecular complexity index is 655. The Hall–Kier alpha value is -1.99. The minimum absolute atomic E-state index is 0.0103. The summed E-state index contributed by atoms with van der Waals surface area (Å²) in [6.45, 7) is 0.897. The summed E-state index contributed by atoms with van der Waals surface area (Å²) in [7, 11) is 1.61. The van der Waals surface area contributed by atoms with Crippen molar-refractivity contribution >= 4 is 16.7 Å². The highest BCUT2D eigenvalue weighted by Gasteiger charge is 2.38. The Morgan fingerprint density at radius 2 is 2.06 bits per heavy atom. The molecule has 0 radical (unpaired) electrons. The Labute approximate surface area is 99.6 Å². The summed E-state index contributed by atoms with van der Waals surface area (Å²) < 4.78 is 39.8. The van der Waals surface area contributed by atoms with Crippen molar-refractivity contribution in [2.75, 3.05) is 5.73 Å². The number of fused-ring (bicyclic) bond motifs is 1. The third-order valence-corrected chi connectivity index (χ3v) is 2.82. The molecule has 0 amide bonds. The van der Waals surface area contributed by atoms with Gasteiger partial charge in [0.2, 0.25) is 0 Å². The van der Waals surface area contributed by atoms with Gasteiger partial charge >= 0.3 is 6.18 Å². The Morgan fingerprint density at radius 1 is 1.44 bits per heavy atom. The topological polar surface area (TPSA) is 65.8 Å². The van der Waals surface area contributed by atoms with Gasteiger partial charge in [-0.1, -0.05) is 0 Å². The van der Waals surface area contributed by atoms with Crippen molar-refractivity contribution < 1.29 is 13.2 Å². The molecule has 2 N–H and O–H groups in total. The second-order valence-corrected chi connectivity index (χ2v) is 4.07. The Morgan fingerprint density at radius 3 is 2.61 bits per heavy atom. The number of anilines is 1. The van der Waals surface area contributed by atoms with E-state index in [2.05, 4.69) is 4.98 Å². The zero-order chi connectivity index (χ0) is 13.7. The maximum absolute atomic E-state index is 12.6. The quantitative estimate of drug-likeness (QED) is 0.843. The fourth-order valence-electron chi connectivity index (χ4n) is 1.75. The van der Waals surface area contributed by atoms with Crippen LogP contribution in [0.25, 0.3) is 11.0 Å². The van der Waals surface area contributed by atoms with Crippen molar-refractivity contribution in [3.05, 3.63) is 22.9 Å². The molecule has 0 saturated carbocycles. The van der Waals surface area contributed by atoms with Crippen LogP contribution < -0.4 is 11.3 Å². The van der Waals surface area contributed by atoms with Crippen molar-refractivity contribution in [2.45, 2.75) is 19.1 Å². The minimum atomic E-state index is -4.51. The van der Waals surface area contributed by atoms with E-state index in [-0.39, 0.29) is 16.7 Å². The first-order chi connectivity index (χ1) is 8.23. The summed E-state index contributed by atoms with van der Waals surface area (Å²) in [4.78, 5) is 15.8. The molecule has 2 aromatic heterocycles. The van der Waals surface area contributed by atoms with E-state index in [1.807, 2.05) is 0 Å². The van der Waals surface area contributed by atoms with Crippen LogP contribution >= 0.6 is 0 Å². The first-order valence-electron chi connectivity index (χ1n) is 5.12. The lowest BCUT2D eigenvalue weighted by Crippen LogP contribution is -2.32. The molecule has 0 saturated heterocycles. The molecule has 8 heteroatoms. The van der Waals surface area contributed by atoms with Gasteiger partial charge in [0.1, 0.15) is 23.4 Å². The molecule has 2 heterocycles. The first kappa shape index (κ1) is 12.5. The standard InChI is InChI=1S/C10H11F3N4O/c1-5(10(11,12)13)17-4-15-8-7(9(17)18)6(14)3-16(8)2/h3-5H,14H2,1-2H3. The van der Waals surface area contributed by atoms with E-state index >= 15 is 0 Å². The smallest absolute Gasteiger partial charge is 0.397 e. The maximum Gasteiger partial charge on any atom is 0.409 e. The van der Waals surface area contributed by atoms with Crippen LogP contribution in [0.1, 0.15) is 13.0 Å². The number of aromatic nitrogens is 3. The summed E-state index contributed by atoms with van der Waals surface area (Å²) in [6.07, 6.45) is -2.17. The zero-order valence-corrected chi connectivity index (χ0v) is 9.69. The van der Waals surface area contributed by atoms with Crippen molar-refractivity contribution in [1.29, 1.82) is 0 Å². The predicted octanol–water partition coefficient (Wildman–Crippen LogP) is 1.44. The van der Waals surface area contributed by atoms with E-state index < -0.39 is 17.8 Å². The van der Waals surface area contributed by atoms with Gasteiger partial charge in [-0.15, -0.1) is 0 Å². The minimum Gasteiger partial charge on any atom is -0.397 e. The molecule has 18 heavy (non-hydrogen) atoms. The second-order valence-electron chi connectivity index (χ2n) is 4.07. The lowest BCUT2D eigenvalue weighted by Gasteiger charge is -2.17. The highest BCUT2D eigenvalue weighted by atomic mass is 19.4. The summed E-state index contributed by atoms with van der Waals surface area (Å²) in [5, 5.41) is 0.0103. The summed E-state index contributed by atoms with van der Waals surface area (Å²) in [6, 6.07) is -1.94. The van der Waals surface area contributed by atoms with Gasteiger partial charge in [0.05, 0.1) is 5.69 Å². The third kappa shape index (κ3) is 1.73. The number of hydrogen-bond acceptors (Lipinski definition) is 3. The highest BCUT2D eigenvalue weighted by Crippen LogP contribution is 2.29. The maximum atomic E-state index is 12.6. The van der Waals surface area contributed by atoms with Gasteiger partial charge in [-0.3, -0.25) is 9.36 Å². The van der Waals surface area contributed by atoms with Crippen LogP contribution in [0.4, 0.5) is 18.9 Å². The lowest BCUT2D eigenvalue weighted by atomic mass is 10.3. The fraction of sp³-hybridized carbons (Fsp3) is 0.400. The SMILES string of the molecule is CC(n1cnc2c(c(N)cn2C)c1=O)C(F)(F)F. The van der Waals surface area contributed by atoms with Crippen molar-refractivity contribution in [2.24, 2.45) is 7.05 Å². The van der Waals surface area contributed by atoms with Gasteiger partial charge in [-0.2, -0.15) is 13.2 Å². The van der Waals surface area contributed by atoms with E-state index in [0.717, 1.165) is 13.3 Å². The molecule has 0 bridgehead atoms. The summed E-state index contributed by atoms with van der Waals surface area (Å²) in [5.41, 5.74) is 5.20. The van der Waals surface area contributed by atoms with Crippen LogP contribution in [-0.4, -0.2) is 20.3 Å². The third-order valence-electron chi connectivity index (χ3n) is 2.82. The number of aryl methyl sites for hydroxylation is 1. The monoisotopic (exact) mass is 260 g/mol. The average molecular weight is 260 g/mol. The van der Waals surface area contributed by atoms with Crippen molar-refractivity contribution in [3.8, 4) is 0 Å². The van der Waals surface area contributed by atoms with Gasteiger partial charge in [0.25, 0.3) is 5.56 Å². The van der Waals surface area contributed by atoms with E-state index in [9.17, 15) is 18.0 Å². The largest absolute Gasteiger partial charge is 0.409 e. The van der Waals surface area contributed by atoms with Crippen molar-refractivity contribution in [3.63, 3.8) is 0 Å². The number of hydrogen-bond donors (Lipinski definition) is 1. The first-order valence-corrected chi connectivity index (χ1v) is 5.12. The van der Waals surface area contributed by atoms with E-state index in [1.54, 1.807) is 7.05 Å². The summed E-state index contributed by atoms with van der Waals surface area (Å²) in [5.74, 6) is 0. The van der Waals surface area contributed by atoms with Crippen LogP contribution in [0.2, 0.25) is 0 Å². The Kier molecular flexibility index (Phi) is 2.60. The molecule has 0 spiro atoms. The molecule has 0 aliphatic rings. The van der Waals surface area contributed by atoms with Crippen LogP contribution in [0.15, 0.2) is 17.3 Å². The molecular formula is C10H11F3N4O. The van der Waals surface area contributed by atoms with Crippen LogP contribution in [-0.2, 0) is 7.05 Å². The number of nitrogens with zero attached hydrogens (tertiary/aromatic N) is 3. The van der Waals surface area contributed by atoms with Gasteiger partial charge in [0, 0.05) is 13.2 Å². The van der Waals surface area contributed by atoms with E-state index in [1.165, 1.54) is 10.8 Å². The van der Waals surface area contributed by atoms with Gasteiger partial charge in [-0.05, 0) is 6.92 Å². The fourth-order valence-corrected chi connectivity index (χ4v) is 1.75. The zero-order valence-electron chi connectivity index (χ0n) is 9.69.